The molecule has 18 rings (SSSR count). The van der Waals surface area contributed by atoms with Gasteiger partial charge in [-0.1, -0.05) is 133 Å². The van der Waals surface area contributed by atoms with Crippen molar-refractivity contribution in [2.45, 2.75) is 214 Å². The fraction of sp³-hybridized carbons (Fsp3) is 0.371. The standard InChI is InChI=1S/C36H36F5N5O3S.C36H37F4N5O3S.C33H31F4N5O3S/c1-18-10-23(13-24(11-18)36(39,40)41)28-20(3)46(33(48)49-28)15-27-26(14-42-32(43-27)45-16-35(37,38)17-45)29-30(34(5,6)7)44-31(50-29)25-9-8-22(21(4)47)12-19(25)2;1-18-10-23(13-24(11-18)36(38,39)40)29-20(3)45(34(47)48-29)17-28-27(14-41-33(42-28)44-15-25(37)16-44)30-31(35(5,6)7)43-32(49-30)26-9-8-22(21(4)46)12-19(26)2;1-16-8-22(11-23(9-16)33(35,36)37)28-19(4)42(32(44)45-28)15-27-26(12-38-31(40-27)41-13-24(34)14-41)29-18(3)39-30(46-29)25-7-6-21(20(5)43)10-17(25)2/h8-14,20,28,47H,4,15-17H2,1-3,5-7H3;8-14,20,25,29,46H,4,15-17H2,1-3,5-7H3;6-12,19,24,28,43H,5,13-15H2,1-4H3/t20-,28-;20-,29-;19-,28-/m000/s1. The Bertz CT molecular complexity index is 7110. The second-order valence-electron chi connectivity index (χ2n) is 39.5. The molecule has 0 saturated carbocycles. The minimum atomic E-state index is -4.58. The molecule has 40 heteroatoms. The number of thiazole rings is 3. The Morgan fingerprint density at radius 2 is 0.683 bits per heavy atom. The fourth-order valence-corrected chi connectivity index (χ4v) is 22.1. The van der Waals surface area contributed by atoms with Crippen molar-refractivity contribution < 1.29 is 101 Å². The van der Waals surface area contributed by atoms with Gasteiger partial charge in [0.25, 0.3) is 5.92 Å². The summed E-state index contributed by atoms with van der Waals surface area (Å²) in [6.07, 6.45) is -15.8. The SMILES string of the molecule is C=C(O)c1ccc(-c2nc(C(C)(C)C)c(-c3cnc(N4CC(F)(F)C4)nc3CN3C(=O)O[C@H](c4cc(C)cc(C(F)(F)F)c4)[C@@H]3C)s2)c(C)c1.C=C(O)c1ccc(-c2nc(C(C)(C)C)c(-c3cnc(N4CC(F)C4)nc3CN3C(=O)O[C@H](c4cc(C)cc(C(F)(F)F)c4)[C@@H]3C)s2)c(C)c1.C=C(O)c1ccc(-c2nc(C)c(-c3cnc(N4CC(F)C4)nc3CN3C(=O)O[C@H](c4cc(C)cc(C(F)(F)F)c4)[C@@H]3C)s2)c(C)c1. The number of cyclic esters (lactones) is 3. The topological polar surface area (TPSA) is 275 Å². The summed E-state index contributed by atoms with van der Waals surface area (Å²) >= 11 is 4.24. The smallest absolute Gasteiger partial charge is 0.416 e. The van der Waals surface area contributed by atoms with Gasteiger partial charge < -0.3 is 44.2 Å². The molecule has 0 spiro atoms. The first-order valence-electron chi connectivity index (χ1n) is 46.3. The fourth-order valence-electron chi connectivity index (χ4n) is 18.1. The Morgan fingerprint density at radius 1 is 0.400 bits per heavy atom. The Balaban J connectivity index is 0.000000156. The minimum Gasteiger partial charge on any atom is -0.508 e. The summed E-state index contributed by atoms with van der Waals surface area (Å²) < 4.78 is 195. The number of ether oxygens (including phenoxy) is 3. The van der Waals surface area contributed by atoms with Crippen LogP contribution in [-0.2, 0) is 63.2 Å². The Hall–Kier alpha value is -13.6. The number of carbonyl (C=O) groups is 3. The van der Waals surface area contributed by atoms with E-state index >= 15 is 0 Å². The van der Waals surface area contributed by atoms with Crippen LogP contribution < -0.4 is 14.7 Å². The first-order valence-corrected chi connectivity index (χ1v) is 48.7. The predicted octanol–water partition coefficient (Wildman–Crippen LogP) is 26.2. The van der Waals surface area contributed by atoms with Crippen molar-refractivity contribution in [3.8, 4) is 63.0 Å². The molecule has 3 amide bonds. The Kier molecular flexibility index (Phi) is 28.3. The minimum absolute atomic E-state index is 0.0226. The van der Waals surface area contributed by atoms with Crippen molar-refractivity contribution in [1.82, 2.24) is 59.6 Å². The maximum Gasteiger partial charge on any atom is 0.416 e. The monoisotopic (exact) mass is 2060 g/mol. The first kappa shape index (κ1) is 104. The van der Waals surface area contributed by atoms with Gasteiger partial charge in [0, 0.05) is 79.5 Å². The molecule has 3 N–H and O–H groups in total. The molecule has 0 aliphatic carbocycles. The first-order chi connectivity index (χ1) is 67.8. The second kappa shape index (κ2) is 39.4. The van der Waals surface area contributed by atoms with Crippen LogP contribution in [0.4, 0.5) is 89.3 Å². The van der Waals surface area contributed by atoms with Gasteiger partial charge in [0.2, 0.25) is 17.8 Å². The number of anilines is 3. The summed E-state index contributed by atoms with van der Waals surface area (Å²) in [7, 11) is 0. The zero-order valence-corrected chi connectivity index (χ0v) is 84.3. The number of rotatable bonds is 21. The number of aliphatic hydroxyl groups excluding tert-OH is 3. The molecule has 12 aromatic rings. The molecule has 6 saturated heterocycles. The maximum atomic E-state index is 13.9. The zero-order valence-electron chi connectivity index (χ0n) is 81.9. The van der Waals surface area contributed by atoms with E-state index < -0.39 is 132 Å². The average Bonchev–Trinajstić information content (AvgIpc) is 1.61. The van der Waals surface area contributed by atoms with Crippen LogP contribution in [0.15, 0.2) is 148 Å². The number of hydrogen-bond acceptors (Lipinski definition) is 24. The normalized spacial score (nSPS) is 18.7. The van der Waals surface area contributed by atoms with Gasteiger partial charge in [-0.3, -0.25) is 14.7 Å². The summed E-state index contributed by atoms with van der Waals surface area (Å²) in [6.45, 7) is 39.6. The second-order valence-corrected chi connectivity index (χ2v) is 42.5. The number of amides is 3. The van der Waals surface area contributed by atoms with Gasteiger partial charge in [-0.25, -0.2) is 76.8 Å². The number of halogens is 13. The zero-order chi connectivity index (χ0) is 105. The highest BCUT2D eigenvalue weighted by molar-refractivity contribution is 7.19. The van der Waals surface area contributed by atoms with E-state index in [1.54, 1.807) is 106 Å². The Labute approximate surface area is 839 Å². The molecule has 0 bridgehead atoms. The molecule has 24 nitrogen and oxygen atoms in total. The van der Waals surface area contributed by atoms with Crippen LogP contribution in [0.25, 0.3) is 80.3 Å². The lowest BCUT2D eigenvalue weighted by Gasteiger charge is -2.38. The molecule has 6 aromatic carbocycles. The van der Waals surface area contributed by atoms with E-state index in [1.165, 1.54) is 53.6 Å². The lowest BCUT2D eigenvalue weighted by molar-refractivity contribution is -0.138. The van der Waals surface area contributed by atoms with Crippen molar-refractivity contribution in [3.05, 3.63) is 265 Å². The Morgan fingerprint density at radius 3 is 0.952 bits per heavy atom. The number of benzene rings is 6. The van der Waals surface area contributed by atoms with Crippen LogP contribution in [0.5, 0.6) is 0 Å². The number of aliphatic hydroxyl groups is 3. The van der Waals surface area contributed by atoms with Gasteiger partial charge in [0.05, 0.1) is 143 Å². The third-order valence-corrected chi connectivity index (χ3v) is 29.4. The lowest BCUT2D eigenvalue weighted by atomic mass is 9.89. The maximum absolute atomic E-state index is 13.9. The average molecular weight is 2060 g/mol. The summed E-state index contributed by atoms with van der Waals surface area (Å²) in [4.78, 5) is 94.0. The summed E-state index contributed by atoms with van der Waals surface area (Å²) in [5.74, 6) is -2.31. The van der Waals surface area contributed by atoms with Crippen LogP contribution in [0.2, 0.25) is 0 Å². The highest BCUT2D eigenvalue weighted by atomic mass is 32.1. The van der Waals surface area contributed by atoms with Gasteiger partial charge in [-0.05, 0) is 157 Å². The van der Waals surface area contributed by atoms with Gasteiger partial charge in [-0.2, -0.15) is 39.5 Å². The van der Waals surface area contributed by atoms with Gasteiger partial charge in [0.15, 0.2) is 0 Å². The third-order valence-electron chi connectivity index (χ3n) is 25.9. The van der Waals surface area contributed by atoms with E-state index in [1.807, 2.05) is 106 Å². The van der Waals surface area contributed by atoms with Crippen molar-refractivity contribution in [2.75, 3.05) is 54.0 Å². The quantitative estimate of drug-likeness (QED) is 0.0342. The summed E-state index contributed by atoms with van der Waals surface area (Å²) in [5.41, 5.74) is 10.8. The van der Waals surface area contributed by atoms with E-state index in [-0.39, 0.29) is 85.7 Å². The molecular weight excluding hydrogens is 1960 g/mol. The summed E-state index contributed by atoms with van der Waals surface area (Å²) in [6, 6.07) is 25.3. The molecule has 6 aliphatic heterocycles. The van der Waals surface area contributed by atoms with Gasteiger partial charge >= 0.3 is 36.8 Å². The molecule has 6 atom stereocenters. The van der Waals surface area contributed by atoms with Crippen LogP contribution in [0.1, 0.15) is 198 Å². The van der Waals surface area contributed by atoms with Gasteiger partial charge in [0.1, 0.15) is 63.0 Å². The van der Waals surface area contributed by atoms with E-state index in [4.69, 9.17) is 44.1 Å². The van der Waals surface area contributed by atoms with Crippen molar-refractivity contribution in [2.24, 2.45) is 0 Å². The number of carbonyl (C=O) groups excluding carboxylic acids is 3. The van der Waals surface area contributed by atoms with Crippen molar-refractivity contribution >= 4 is 87.4 Å². The van der Waals surface area contributed by atoms with E-state index in [9.17, 15) is 86.8 Å². The van der Waals surface area contributed by atoms with E-state index in [0.717, 1.165) is 101 Å². The molecule has 6 aliphatic rings. The van der Waals surface area contributed by atoms with E-state index in [0.29, 0.717) is 94.6 Å². The number of alkyl halides is 13. The lowest BCUT2D eigenvalue weighted by Crippen LogP contribution is -2.57. The summed E-state index contributed by atoms with van der Waals surface area (Å²) in [5, 5.41) is 31.8. The number of aryl methyl sites for hydroxylation is 7. The van der Waals surface area contributed by atoms with Crippen LogP contribution in [-0.4, -0.2) is 169 Å². The molecular formula is C105H104F13N15O9S3. The van der Waals surface area contributed by atoms with Crippen LogP contribution in [0, 0.1) is 48.5 Å². The number of hydrogen-bond donors (Lipinski definition) is 3. The molecule has 762 valence electrons. The van der Waals surface area contributed by atoms with Crippen molar-refractivity contribution in [1.29, 1.82) is 0 Å². The highest BCUT2D eigenvalue weighted by Crippen LogP contribution is 2.51. The van der Waals surface area contributed by atoms with Crippen LogP contribution >= 0.6 is 34.0 Å². The molecule has 0 radical (unpaired) electrons. The van der Waals surface area contributed by atoms with Crippen molar-refractivity contribution in [3.63, 3.8) is 0 Å². The number of aromatic nitrogens is 9. The predicted molar refractivity (Wildman–Crippen MR) is 530 cm³/mol. The highest BCUT2D eigenvalue weighted by Gasteiger charge is 2.49. The van der Waals surface area contributed by atoms with Gasteiger partial charge in [-0.15, -0.1) is 34.0 Å². The van der Waals surface area contributed by atoms with E-state index in [2.05, 4.69) is 34.7 Å². The van der Waals surface area contributed by atoms with Crippen LogP contribution in [0.3, 0.4) is 0 Å². The molecule has 6 fully saturated rings. The third kappa shape index (κ3) is 22.0. The largest absolute Gasteiger partial charge is 0.508 e. The molecule has 6 aromatic heterocycles. The molecule has 0 unspecified atom stereocenters. The molecule has 145 heavy (non-hydrogen) atoms. The molecule has 12 heterocycles. The number of nitrogens with zero attached hydrogens (tertiary/aromatic N) is 15.